The Morgan fingerprint density at radius 3 is 2.83 bits per heavy atom. The number of aryl methyl sites for hydroxylation is 1. The van der Waals surface area contributed by atoms with Crippen molar-refractivity contribution in [1.82, 2.24) is 4.98 Å². The van der Waals surface area contributed by atoms with Gasteiger partial charge in [-0.05, 0) is 19.1 Å². The molecular weight excluding hydrogens is 250 g/mol. The molecule has 2 heterocycles. The fourth-order valence-corrected chi connectivity index (χ4v) is 2.72. The van der Waals surface area contributed by atoms with E-state index in [1.807, 2.05) is 19.1 Å². The first-order valence-electron chi connectivity index (χ1n) is 5.26. The van der Waals surface area contributed by atoms with Gasteiger partial charge in [-0.25, -0.2) is 4.99 Å². The smallest absolute Gasteiger partial charge is 0.279 e. The van der Waals surface area contributed by atoms with Crippen molar-refractivity contribution >= 4 is 27.9 Å². The molecule has 0 fully saturated rings. The molecule has 0 bridgehead atoms. The van der Waals surface area contributed by atoms with Gasteiger partial charge in [-0.2, -0.15) is 4.98 Å². The minimum absolute atomic E-state index is 0.217. The molecule has 18 heavy (non-hydrogen) atoms. The number of carbonyl (C=O) groups is 1. The van der Waals surface area contributed by atoms with Gasteiger partial charge in [-0.1, -0.05) is 23.0 Å². The van der Waals surface area contributed by atoms with Gasteiger partial charge < -0.3 is 10.8 Å². The topological polar surface area (TPSA) is 88.6 Å². The summed E-state index contributed by atoms with van der Waals surface area (Å²) >= 11 is 1.08. The second-order valence-corrected chi connectivity index (χ2v) is 5.05. The van der Waals surface area contributed by atoms with E-state index in [0.717, 1.165) is 22.1 Å². The Bertz CT molecular complexity index is 792. The van der Waals surface area contributed by atoms with Crippen LogP contribution >= 0.6 is 11.3 Å². The molecule has 1 aliphatic heterocycles. The third-order valence-electron chi connectivity index (χ3n) is 2.71. The Kier molecular flexibility index (Phi) is 2.21. The van der Waals surface area contributed by atoms with Crippen LogP contribution in [0.2, 0.25) is 0 Å². The fourth-order valence-electron chi connectivity index (χ4n) is 1.94. The number of amides is 1. The van der Waals surface area contributed by atoms with Crippen LogP contribution in [0.4, 0.5) is 5.13 Å². The molecule has 3 N–H and O–H groups in total. The molecule has 0 saturated heterocycles. The van der Waals surface area contributed by atoms with Gasteiger partial charge in [0.2, 0.25) is 5.88 Å². The highest BCUT2D eigenvalue weighted by atomic mass is 32.1. The highest BCUT2D eigenvalue weighted by Gasteiger charge is 2.24. The lowest BCUT2D eigenvalue weighted by atomic mass is 10.1. The lowest BCUT2D eigenvalue weighted by Gasteiger charge is -1.96. The number of fused-ring (bicyclic) bond motifs is 1. The zero-order valence-corrected chi connectivity index (χ0v) is 10.3. The Labute approximate surface area is 106 Å². The monoisotopic (exact) mass is 259 g/mol. The summed E-state index contributed by atoms with van der Waals surface area (Å²) in [6, 6.07) is 5.55. The number of thiazole rings is 1. The number of nitrogens with zero attached hydrogens (tertiary/aromatic N) is 2. The summed E-state index contributed by atoms with van der Waals surface area (Å²) in [5, 5.41) is 11.3. The molecule has 0 saturated carbocycles. The second-order valence-electron chi connectivity index (χ2n) is 4.02. The number of hydrogen-bond acceptors (Lipinski definition) is 5. The number of nitrogen functional groups attached to an aromatic ring is 1. The van der Waals surface area contributed by atoms with Crippen LogP contribution in [-0.2, 0) is 4.79 Å². The number of anilines is 1. The zero-order chi connectivity index (χ0) is 12.9. The summed E-state index contributed by atoms with van der Waals surface area (Å²) in [6.45, 7) is 1.93. The van der Waals surface area contributed by atoms with Crippen LogP contribution in [0.5, 0.6) is 5.88 Å². The largest absolute Gasteiger partial charge is 0.492 e. The molecule has 2 aromatic rings. The van der Waals surface area contributed by atoms with E-state index < -0.39 is 0 Å². The van der Waals surface area contributed by atoms with Gasteiger partial charge in [0.15, 0.2) is 5.13 Å². The molecule has 0 atom stereocenters. The van der Waals surface area contributed by atoms with Crippen LogP contribution in [0.3, 0.4) is 0 Å². The van der Waals surface area contributed by atoms with Crippen LogP contribution in [-0.4, -0.2) is 16.0 Å². The summed E-state index contributed by atoms with van der Waals surface area (Å²) < 4.78 is 0. The average molecular weight is 259 g/mol. The number of hydrogen-bond donors (Lipinski definition) is 2. The third-order valence-corrected chi connectivity index (χ3v) is 3.60. The Morgan fingerprint density at radius 2 is 2.17 bits per heavy atom. The number of nitrogens with two attached hydrogens (primary N) is 1. The van der Waals surface area contributed by atoms with Gasteiger partial charge in [0.25, 0.3) is 5.91 Å². The van der Waals surface area contributed by atoms with Crippen molar-refractivity contribution < 1.29 is 9.90 Å². The van der Waals surface area contributed by atoms with Crippen molar-refractivity contribution in [3.05, 3.63) is 39.2 Å². The van der Waals surface area contributed by atoms with Crippen molar-refractivity contribution in [3.63, 3.8) is 0 Å². The standard InChI is InChI=1S/C12H9N3O2S/c1-5-2-3-7-6(4-5)8(10(16)14-7)9-11(17)15-12(13)18-9/h2-4,17H,1H3,(H2,13,15). The number of benzene rings is 1. The van der Waals surface area contributed by atoms with Gasteiger partial charge in [0.05, 0.1) is 10.9 Å². The van der Waals surface area contributed by atoms with E-state index in [9.17, 15) is 9.90 Å². The maximum Gasteiger partial charge on any atom is 0.279 e. The quantitative estimate of drug-likeness (QED) is 0.760. The van der Waals surface area contributed by atoms with Gasteiger partial charge in [-0.3, -0.25) is 4.79 Å². The van der Waals surface area contributed by atoms with Crippen molar-refractivity contribution in [2.45, 2.75) is 6.92 Å². The van der Waals surface area contributed by atoms with E-state index in [0.29, 0.717) is 15.8 Å². The van der Waals surface area contributed by atoms with Crippen LogP contribution < -0.4 is 16.3 Å². The fraction of sp³-hybridized carbons (Fsp3) is 0.0833. The molecule has 1 amide bonds. The van der Waals surface area contributed by atoms with Crippen LogP contribution in [0, 0.1) is 6.92 Å². The molecule has 1 aromatic carbocycles. The lowest BCUT2D eigenvalue weighted by Crippen LogP contribution is -2.23. The minimum Gasteiger partial charge on any atom is -0.492 e. The first kappa shape index (κ1) is 10.9. The first-order chi connectivity index (χ1) is 8.56. The Balaban J connectivity index is 2.41. The Morgan fingerprint density at radius 1 is 1.39 bits per heavy atom. The van der Waals surface area contributed by atoms with Gasteiger partial charge in [-0.15, -0.1) is 0 Å². The molecule has 0 radical (unpaired) electrons. The molecule has 5 nitrogen and oxygen atoms in total. The maximum absolute atomic E-state index is 11.9. The van der Waals surface area contributed by atoms with E-state index in [-0.39, 0.29) is 16.9 Å². The van der Waals surface area contributed by atoms with E-state index >= 15 is 0 Å². The minimum atomic E-state index is -0.366. The Hall–Kier alpha value is -2.21. The maximum atomic E-state index is 11.9. The predicted octanol–water partition coefficient (Wildman–Crippen LogP) is 0.0981. The van der Waals surface area contributed by atoms with Gasteiger partial charge in [0, 0.05) is 5.22 Å². The molecule has 3 rings (SSSR count). The predicted molar refractivity (Wildman–Crippen MR) is 67.7 cm³/mol. The van der Waals surface area contributed by atoms with E-state index in [4.69, 9.17) is 5.73 Å². The highest BCUT2D eigenvalue weighted by molar-refractivity contribution is 7.17. The number of aromatic nitrogens is 1. The van der Waals surface area contributed by atoms with E-state index in [1.165, 1.54) is 0 Å². The summed E-state index contributed by atoms with van der Waals surface area (Å²) in [7, 11) is 0. The molecule has 0 unspecified atom stereocenters. The van der Waals surface area contributed by atoms with E-state index in [1.54, 1.807) is 6.07 Å². The zero-order valence-electron chi connectivity index (χ0n) is 9.47. The molecule has 1 aromatic heterocycles. The molecular formula is C12H9N3O2S. The molecule has 90 valence electrons. The van der Waals surface area contributed by atoms with Gasteiger partial charge in [0.1, 0.15) is 4.88 Å². The van der Waals surface area contributed by atoms with Gasteiger partial charge >= 0.3 is 0 Å². The molecule has 1 aliphatic rings. The van der Waals surface area contributed by atoms with Crippen LogP contribution in [0.15, 0.2) is 23.2 Å². The summed E-state index contributed by atoms with van der Waals surface area (Å²) in [6.07, 6.45) is 0. The summed E-state index contributed by atoms with van der Waals surface area (Å²) in [4.78, 5) is 20.0. The van der Waals surface area contributed by atoms with Crippen molar-refractivity contribution in [2.24, 2.45) is 4.99 Å². The van der Waals surface area contributed by atoms with Crippen LogP contribution in [0.25, 0.3) is 5.57 Å². The number of rotatable bonds is 1. The van der Waals surface area contributed by atoms with Crippen molar-refractivity contribution in [2.75, 3.05) is 5.73 Å². The number of carbonyl (C=O) groups excluding carboxylic acids is 1. The normalized spacial score (nSPS) is 13.6. The molecule has 6 heteroatoms. The van der Waals surface area contributed by atoms with E-state index in [2.05, 4.69) is 9.98 Å². The third kappa shape index (κ3) is 1.50. The van der Waals surface area contributed by atoms with Crippen molar-refractivity contribution in [1.29, 1.82) is 0 Å². The first-order valence-corrected chi connectivity index (χ1v) is 6.07. The highest BCUT2D eigenvalue weighted by Crippen LogP contribution is 2.32. The lowest BCUT2D eigenvalue weighted by molar-refractivity contribution is -0.112. The number of aromatic hydroxyl groups is 1. The molecule has 0 aliphatic carbocycles. The molecule has 0 spiro atoms. The van der Waals surface area contributed by atoms with Crippen LogP contribution in [0.1, 0.15) is 10.4 Å². The summed E-state index contributed by atoms with van der Waals surface area (Å²) in [5.74, 6) is -0.583. The summed E-state index contributed by atoms with van der Waals surface area (Å²) in [5.41, 5.74) is 6.93. The SMILES string of the molecule is Cc1ccc2c(c1)=C(c1sc(N)nc1O)C(=O)N=2. The second kappa shape index (κ2) is 3.64. The average Bonchev–Trinajstić information content (AvgIpc) is 2.77. The van der Waals surface area contributed by atoms with Crippen molar-refractivity contribution in [3.8, 4) is 5.88 Å².